The largest absolute Gasteiger partial charge is 0.478 e. The van der Waals surface area contributed by atoms with Crippen LogP contribution in [-0.2, 0) is 19.1 Å². The van der Waals surface area contributed by atoms with Crippen LogP contribution in [0.3, 0.4) is 0 Å². The van der Waals surface area contributed by atoms with Gasteiger partial charge in [-0.1, -0.05) is 12.1 Å². The highest BCUT2D eigenvalue weighted by atomic mass is 16.6. The third kappa shape index (κ3) is 4.98. The second-order valence-electron chi connectivity index (χ2n) is 6.35. The average molecular weight is 403 g/mol. The van der Waals surface area contributed by atoms with E-state index >= 15 is 0 Å². The fourth-order valence-corrected chi connectivity index (χ4v) is 3.18. The molecule has 1 aliphatic rings. The predicted molar refractivity (Wildman–Crippen MR) is 102 cm³/mol. The number of hydrogen-bond donors (Lipinski definition) is 3. The number of carbonyl (C=O) groups is 3. The third-order valence-corrected chi connectivity index (χ3v) is 4.41. The first-order chi connectivity index (χ1) is 13.8. The van der Waals surface area contributed by atoms with Crippen LogP contribution < -0.4 is 10.6 Å². The van der Waals surface area contributed by atoms with E-state index < -0.39 is 22.8 Å². The molecule has 1 atom stereocenters. The molecule has 1 aromatic carbocycles. The van der Waals surface area contributed by atoms with Crippen LogP contribution in [0.25, 0.3) is 0 Å². The fraction of sp³-hybridized carbons (Fsp3) is 0.316. The molecule has 10 heteroatoms. The van der Waals surface area contributed by atoms with Gasteiger partial charge in [0, 0.05) is 30.1 Å². The lowest BCUT2D eigenvalue weighted by Gasteiger charge is -2.29. The Balaban J connectivity index is 2.44. The van der Waals surface area contributed by atoms with E-state index in [2.05, 4.69) is 10.6 Å². The van der Waals surface area contributed by atoms with E-state index in [9.17, 15) is 29.6 Å². The maximum Gasteiger partial charge on any atom is 0.336 e. The van der Waals surface area contributed by atoms with Crippen molar-refractivity contribution in [1.82, 2.24) is 10.6 Å². The summed E-state index contributed by atoms with van der Waals surface area (Å²) in [5.74, 6) is -3.02. The molecule has 0 saturated carbocycles. The summed E-state index contributed by atoms with van der Waals surface area (Å²) in [5, 5.41) is 26.2. The van der Waals surface area contributed by atoms with Gasteiger partial charge in [0.05, 0.1) is 28.6 Å². The molecular weight excluding hydrogens is 382 g/mol. The Kier molecular flexibility index (Phi) is 7.07. The Morgan fingerprint density at radius 1 is 1.31 bits per heavy atom. The van der Waals surface area contributed by atoms with E-state index in [1.54, 1.807) is 13.8 Å². The molecule has 0 spiro atoms. The number of aliphatic carboxylic acids is 1. The highest BCUT2D eigenvalue weighted by Gasteiger charge is 2.37. The van der Waals surface area contributed by atoms with Crippen LogP contribution in [0.15, 0.2) is 46.8 Å². The molecule has 0 aromatic heterocycles. The minimum atomic E-state index is -1.25. The molecular formula is C19H21N3O7. The standard InChI is InChI=1S/C19H21N3O7/c1-11-15(18(24)25)17(13-5-3-6-14(9-13)22(27)28)16(12(2)21-11)19(26)29-8-4-7-20-10-23/h3,5-6,9-10,17,21H,4,7-8H2,1-2H3,(H,20,23)(H,24,25). The quantitative estimate of drug-likeness (QED) is 0.185. The van der Waals surface area contributed by atoms with E-state index in [1.807, 2.05) is 0 Å². The van der Waals surface area contributed by atoms with E-state index in [1.165, 1.54) is 24.3 Å². The minimum Gasteiger partial charge on any atom is -0.478 e. The molecule has 154 valence electrons. The van der Waals surface area contributed by atoms with Crippen LogP contribution in [0.5, 0.6) is 0 Å². The summed E-state index contributed by atoms with van der Waals surface area (Å²) in [5.41, 5.74) is 0.792. The van der Waals surface area contributed by atoms with Crippen LogP contribution in [0.1, 0.15) is 31.7 Å². The summed E-state index contributed by atoms with van der Waals surface area (Å²) in [4.78, 5) is 45.5. The molecule has 0 fully saturated rings. The van der Waals surface area contributed by atoms with Gasteiger partial charge in [-0.25, -0.2) is 9.59 Å². The molecule has 1 aliphatic heterocycles. The maximum absolute atomic E-state index is 12.8. The van der Waals surface area contributed by atoms with Gasteiger partial charge in [-0.2, -0.15) is 0 Å². The predicted octanol–water partition coefficient (Wildman–Crippen LogP) is 1.59. The number of nitro groups is 1. The molecule has 0 saturated heterocycles. The van der Waals surface area contributed by atoms with E-state index in [4.69, 9.17) is 4.74 Å². The molecule has 29 heavy (non-hydrogen) atoms. The number of esters is 1. The van der Waals surface area contributed by atoms with Crippen LogP contribution in [0.2, 0.25) is 0 Å². The maximum atomic E-state index is 12.8. The highest BCUT2D eigenvalue weighted by Crippen LogP contribution is 2.39. The summed E-state index contributed by atoms with van der Waals surface area (Å²) < 4.78 is 5.25. The van der Waals surface area contributed by atoms with Gasteiger partial charge in [0.15, 0.2) is 0 Å². The lowest BCUT2D eigenvalue weighted by Crippen LogP contribution is -2.32. The van der Waals surface area contributed by atoms with E-state index in [0.717, 1.165) is 0 Å². The van der Waals surface area contributed by atoms with Crippen molar-refractivity contribution in [1.29, 1.82) is 0 Å². The Hall–Kier alpha value is -3.69. The number of benzene rings is 1. The average Bonchev–Trinajstić information content (AvgIpc) is 2.66. The number of rotatable bonds is 9. The van der Waals surface area contributed by atoms with Crippen molar-refractivity contribution >= 4 is 24.0 Å². The number of carbonyl (C=O) groups excluding carboxylic acids is 2. The van der Waals surface area contributed by atoms with Crippen LogP contribution in [0, 0.1) is 10.1 Å². The zero-order chi connectivity index (χ0) is 21.6. The monoisotopic (exact) mass is 403 g/mol. The molecule has 3 N–H and O–H groups in total. The van der Waals surface area contributed by atoms with Gasteiger partial charge in [-0.05, 0) is 25.8 Å². The van der Waals surface area contributed by atoms with Crippen molar-refractivity contribution < 1.29 is 29.2 Å². The smallest absolute Gasteiger partial charge is 0.336 e. The van der Waals surface area contributed by atoms with Gasteiger partial charge in [-0.15, -0.1) is 0 Å². The molecule has 1 aromatic rings. The van der Waals surface area contributed by atoms with Gasteiger partial charge in [0.25, 0.3) is 5.69 Å². The number of dihydropyridines is 1. The first kappa shape index (κ1) is 21.6. The van der Waals surface area contributed by atoms with Crippen molar-refractivity contribution in [3.8, 4) is 0 Å². The third-order valence-electron chi connectivity index (χ3n) is 4.41. The SMILES string of the molecule is CC1=C(C(=O)O)C(c2cccc([N+](=O)[O-])c2)C(C(=O)OCCCNC=O)=C(C)N1. The van der Waals surface area contributed by atoms with Gasteiger partial charge >= 0.3 is 11.9 Å². The topological polar surface area (TPSA) is 148 Å². The van der Waals surface area contributed by atoms with Crippen LogP contribution in [0.4, 0.5) is 5.69 Å². The number of nitrogens with zero attached hydrogens (tertiary/aromatic N) is 1. The first-order valence-electron chi connectivity index (χ1n) is 8.78. The Morgan fingerprint density at radius 2 is 2.00 bits per heavy atom. The summed E-state index contributed by atoms with van der Waals surface area (Å²) >= 11 is 0. The number of nitro benzene ring substituents is 1. The molecule has 1 heterocycles. The molecule has 0 bridgehead atoms. The van der Waals surface area contributed by atoms with Gasteiger partial charge in [-0.3, -0.25) is 14.9 Å². The molecule has 0 radical (unpaired) electrons. The number of amides is 1. The van der Waals surface area contributed by atoms with Gasteiger partial charge in [0.2, 0.25) is 6.41 Å². The van der Waals surface area contributed by atoms with Gasteiger partial charge < -0.3 is 20.5 Å². The zero-order valence-corrected chi connectivity index (χ0v) is 15.9. The number of allylic oxidation sites excluding steroid dienone is 2. The molecule has 2 rings (SSSR count). The lowest BCUT2D eigenvalue weighted by atomic mass is 9.80. The second-order valence-corrected chi connectivity index (χ2v) is 6.35. The van der Waals surface area contributed by atoms with Crippen molar-refractivity contribution in [2.24, 2.45) is 0 Å². The summed E-state index contributed by atoms with van der Waals surface area (Å²) in [6.45, 7) is 3.51. The number of carboxylic acids is 1. The number of ether oxygens (including phenoxy) is 1. The number of nitrogens with one attached hydrogen (secondary N) is 2. The Bertz CT molecular complexity index is 905. The van der Waals surface area contributed by atoms with Gasteiger partial charge in [0.1, 0.15) is 0 Å². The summed E-state index contributed by atoms with van der Waals surface area (Å²) in [7, 11) is 0. The molecule has 0 aliphatic carbocycles. The number of non-ortho nitro benzene ring substituents is 1. The van der Waals surface area contributed by atoms with Crippen molar-refractivity contribution in [3.63, 3.8) is 0 Å². The summed E-state index contributed by atoms with van der Waals surface area (Å²) in [6, 6.07) is 5.51. The van der Waals surface area contributed by atoms with Crippen molar-refractivity contribution in [2.75, 3.05) is 13.2 Å². The molecule has 1 amide bonds. The normalized spacial score (nSPS) is 16.1. The second kappa shape index (κ2) is 9.49. The summed E-state index contributed by atoms with van der Waals surface area (Å²) in [6.07, 6.45) is 0.914. The zero-order valence-electron chi connectivity index (χ0n) is 15.9. The van der Waals surface area contributed by atoms with E-state index in [0.29, 0.717) is 36.3 Å². The van der Waals surface area contributed by atoms with Crippen molar-refractivity contribution in [3.05, 3.63) is 62.5 Å². The van der Waals surface area contributed by atoms with Crippen molar-refractivity contribution in [2.45, 2.75) is 26.2 Å². The van der Waals surface area contributed by atoms with Crippen LogP contribution >= 0.6 is 0 Å². The highest BCUT2D eigenvalue weighted by molar-refractivity contribution is 5.99. The van der Waals surface area contributed by atoms with E-state index in [-0.39, 0.29) is 23.4 Å². The number of carboxylic acid groups (broad SMARTS) is 1. The Labute approximate surface area is 166 Å². The molecule has 1 unspecified atom stereocenters. The number of hydrogen-bond acceptors (Lipinski definition) is 7. The Morgan fingerprint density at radius 3 is 2.62 bits per heavy atom. The molecule has 10 nitrogen and oxygen atoms in total. The first-order valence-corrected chi connectivity index (χ1v) is 8.78. The lowest BCUT2D eigenvalue weighted by molar-refractivity contribution is -0.384. The van der Waals surface area contributed by atoms with Crippen LogP contribution in [-0.4, -0.2) is 41.5 Å². The minimum absolute atomic E-state index is 0.0171. The fourth-order valence-electron chi connectivity index (χ4n) is 3.18.